The fourth-order valence-electron chi connectivity index (χ4n) is 2.00. The number of nitrogens with zero attached hydrogens (tertiary/aromatic N) is 1. The van der Waals surface area contributed by atoms with Gasteiger partial charge in [-0.1, -0.05) is 26.7 Å². The second kappa shape index (κ2) is 5.77. The van der Waals surface area contributed by atoms with Gasteiger partial charge in [0.05, 0.1) is 6.07 Å². The molecule has 15 heavy (non-hydrogen) atoms. The van der Waals surface area contributed by atoms with Gasteiger partial charge in [-0.05, 0) is 18.8 Å². The summed E-state index contributed by atoms with van der Waals surface area (Å²) in [6.45, 7) is 4.18. The molecule has 0 saturated heterocycles. The molecule has 0 aromatic rings. The predicted molar refractivity (Wildman–Crippen MR) is 61.9 cm³/mol. The quantitative estimate of drug-likeness (QED) is 0.695. The molecule has 0 aliphatic heterocycles. The van der Waals surface area contributed by atoms with Gasteiger partial charge in [0.1, 0.15) is 0 Å². The van der Waals surface area contributed by atoms with Gasteiger partial charge < -0.3 is 11.1 Å². The number of nitriles is 1. The van der Waals surface area contributed by atoms with Crippen molar-refractivity contribution < 1.29 is 0 Å². The van der Waals surface area contributed by atoms with Crippen molar-refractivity contribution in [3.8, 4) is 6.07 Å². The molecule has 2 atom stereocenters. The first kappa shape index (κ1) is 12.1. The Kier molecular flexibility index (Phi) is 4.64. The highest BCUT2D eigenvalue weighted by Crippen LogP contribution is 2.19. The molecule has 0 aromatic carbocycles. The number of hydrogen-bond acceptors (Lipinski definition) is 3. The molecule has 0 heterocycles. The van der Waals surface area contributed by atoms with Crippen LogP contribution in [0.15, 0.2) is 11.8 Å². The minimum absolute atomic E-state index is 0.236. The minimum atomic E-state index is 0.236. The van der Waals surface area contributed by atoms with E-state index in [0.717, 1.165) is 18.5 Å². The van der Waals surface area contributed by atoms with Gasteiger partial charge >= 0.3 is 0 Å². The summed E-state index contributed by atoms with van der Waals surface area (Å²) in [6, 6.07) is 2.67. The smallest absolute Gasteiger partial charge is 0.0930 e. The third-order valence-electron chi connectivity index (χ3n) is 3.01. The van der Waals surface area contributed by atoms with Crippen molar-refractivity contribution in [1.82, 2.24) is 5.32 Å². The highest BCUT2D eigenvalue weighted by Gasteiger charge is 2.22. The van der Waals surface area contributed by atoms with Crippen molar-refractivity contribution in [2.75, 3.05) is 0 Å². The first-order chi connectivity index (χ1) is 7.15. The zero-order valence-corrected chi connectivity index (χ0v) is 9.66. The topological polar surface area (TPSA) is 61.8 Å². The molecule has 84 valence electrons. The van der Waals surface area contributed by atoms with E-state index in [9.17, 15) is 0 Å². The summed E-state index contributed by atoms with van der Waals surface area (Å²) in [5.41, 5.74) is 7.06. The summed E-state index contributed by atoms with van der Waals surface area (Å²) in [4.78, 5) is 0. The van der Waals surface area contributed by atoms with Crippen LogP contribution >= 0.6 is 0 Å². The average Bonchev–Trinajstić information content (AvgIpc) is 2.20. The van der Waals surface area contributed by atoms with Gasteiger partial charge in [0.15, 0.2) is 0 Å². The highest BCUT2D eigenvalue weighted by atomic mass is 15.0. The maximum Gasteiger partial charge on any atom is 0.0930 e. The molecule has 0 bridgehead atoms. The number of rotatable bonds is 3. The van der Waals surface area contributed by atoms with E-state index in [4.69, 9.17) is 11.0 Å². The Bertz CT molecular complexity index is 263. The van der Waals surface area contributed by atoms with Crippen molar-refractivity contribution in [2.45, 2.75) is 51.6 Å². The Balaban J connectivity index is 2.58. The normalized spacial score (nSPS) is 27.5. The standard InChI is InChI=1S/C12H21N3/c1-9(2)11(7-8-13)15-12-6-4-3-5-10(12)14/h7,9-10,12,15H,3-6,14H2,1-2H3/b11-7+. The SMILES string of the molecule is CC(C)/C(=C\C#N)NC1CCCCC1N. The van der Waals surface area contributed by atoms with Crippen LogP contribution in [0.1, 0.15) is 39.5 Å². The molecule has 3 heteroatoms. The monoisotopic (exact) mass is 207 g/mol. The Morgan fingerprint density at radius 2 is 2.13 bits per heavy atom. The predicted octanol–water partition coefficient (Wildman–Crippen LogP) is 1.91. The Labute approximate surface area is 92.3 Å². The maximum absolute atomic E-state index is 8.68. The molecule has 0 radical (unpaired) electrons. The first-order valence-corrected chi connectivity index (χ1v) is 5.77. The molecule has 1 saturated carbocycles. The van der Waals surface area contributed by atoms with Gasteiger partial charge in [-0.15, -0.1) is 0 Å². The molecule has 1 fully saturated rings. The molecule has 1 rings (SSSR count). The van der Waals surface area contributed by atoms with Gasteiger partial charge in [-0.3, -0.25) is 0 Å². The first-order valence-electron chi connectivity index (χ1n) is 5.77. The van der Waals surface area contributed by atoms with Crippen LogP contribution in [0.25, 0.3) is 0 Å². The van der Waals surface area contributed by atoms with E-state index in [1.54, 1.807) is 6.08 Å². The van der Waals surface area contributed by atoms with Crippen LogP contribution in [0.3, 0.4) is 0 Å². The Hall–Kier alpha value is -1.01. The second-order valence-electron chi connectivity index (χ2n) is 4.58. The van der Waals surface area contributed by atoms with E-state index in [1.165, 1.54) is 12.8 Å². The summed E-state index contributed by atoms with van der Waals surface area (Å²) in [7, 11) is 0. The third-order valence-corrected chi connectivity index (χ3v) is 3.01. The molecule has 2 unspecified atom stereocenters. The van der Waals surface area contributed by atoms with E-state index in [-0.39, 0.29) is 6.04 Å². The summed E-state index contributed by atoms with van der Waals surface area (Å²) in [6.07, 6.45) is 6.29. The van der Waals surface area contributed by atoms with Crippen molar-refractivity contribution in [1.29, 1.82) is 5.26 Å². The number of allylic oxidation sites excluding steroid dienone is 2. The summed E-state index contributed by atoms with van der Waals surface area (Å²) in [5, 5.41) is 12.1. The summed E-state index contributed by atoms with van der Waals surface area (Å²) < 4.78 is 0. The van der Waals surface area contributed by atoms with Crippen molar-refractivity contribution >= 4 is 0 Å². The Morgan fingerprint density at radius 1 is 1.47 bits per heavy atom. The Morgan fingerprint density at radius 3 is 2.67 bits per heavy atom. The van der Waals surface area contributed by atoms with Gasteiger partial charge in [-0.2, -0.15) is 5.26 Å². The second-order valence-corrected chi connectivity index (χ2v) is 4.58. The zero-order valence-electron chi connectivity index (χ0n) is 9.66. The van der Waals surface area contributed by atoms with E-state index in [2.05, 4.69) is 25.2 Å². The molecule has 0 spiro atoms. The van der Waals surface area contributed by atoms with Gasteiger partial charge in [0.25, 0.3) is 0 Å². The van der Waals surface area contributed by atoms with Crippen molar-refractivity contribution in [3.05, 3.63) is 11.8 Å². The molecular formula is C12H21N3. The van der Waals surface area contributed by atoms with Crippen LogP contribution in [-0.4, -0.2) is 12.1 Å². The molecule has 0 aromatic heterocycles. The third kappa shape index (κ3) is 3.56. The molecular weight excluding hydrogens is 186 g/mol. The largest absolute Gasteiger partial charge is 0.383 e. The van der Waals surface area contributed by atoms with E-state index < -0.39 is 0 Å². The average molecular weight is 207 g/mol. The lowest BCUT2D eigenvalue weighted by Crippen LogP contribution is -2.47. The molecule has 0 amide bonds. The van der Waals surface area contributed by atoms with Crippen LogP contribution < -0.4 is 11.1 Å². The van der Waals surface area contributed by atoms with E-state index >= 15 is 0 Å². The highest BCUT2D eigenvalue weighted by molar-refractivity contribution is 5.15. The lowest BCUT2D eigenvalue weighted by molar-refractivity contribution is 0.338. The molecule has 3 nitrogen and oxygen atoms in total. The van der Waals surface area contributed by atoms with Gasteiger partial charge in [-0.25, -0.2) is 0 Å². The molecule has 1 aliphatic carbocycles. The van der Waals surface area contributed by atoms with Crippen LogP contribution in [0, 0.1) is 17.2 Å². The van der Waals surface area contributed by atoms with E-state index in [1.807, 2.05) is 0 Å². The van der Waals surface area contributed by atoms with Crippen LogP contribution in [0.4, 0.5) is 0 Å². The molecule has 3 N–H and O–H groups in total. The minimum Gasteiger partial charge on any atom is -0.383 e. The summed E-state index contributed by atoms with van der Waals surface area (Å²) in [5.74, 6) is 0.360. The van der Waals surface area contributed by atoms with Crippen molar-refractivity contribution in [3.63, 3.8) is 0 Å². The lowest BCUT2D eigenvalue weighted by Gasteiger charge is -2.31. The van der Waals surface area contributed by atoms with Crippen LogP contribution in [-0.2, 0) is 0 Å². The van der Waals surface area contributed by atoms with Crippen LogP contribution in [0.5, 0.6) is 0 Å². The fourth-order valence-corrected chi connectivity index (χ4v) is 2.00. The van der Waals surface area contributed by atoms with Crippen LogP contribution in [0.2, 0.25) is 0 Å². The van der Waals surface area contributed by atoms with Gasteiger partial charge in [0, 0.05) is 23.9 Å². The molecule has 1 aliphatic rings. The zero-order chi connectivity index (χ0) is 11.3. The fraction of sp³-hybridized carbons (Fsp3) is 0.750. The number of nitrogens with one attached hydrogen (secondary N) is 1. The van der Waals surface area contributed by atoms with E-state index in [0.29, 0.717) is 12.0 Å². The maximum atomic E-state index is 8.68. The summed E-state index contributed by atoms with van der Waals surface area (Å²) >= 11 is 0. The van der Waals surface area contributed by atoms with Crippen molar-refractivity contribution in [2.24, 2.45) is 11.7 Å². The number of hydrogen-bond donors (Lipinski definition) is 2. The van der Waals surface area contributed by atoms with Gasteiger partial charge in [0.2, 0.25) is 0 Å². The lowest BCUT2D eigenvalue weighted by atomic mass is 9.90. The number of nitrogens with two attached hydrogens (primary N) is 1.